The number of unbranched alkanes of at least 4 members (excludes halogenated alkanes) is 1. The number of rotatable bonds is 6. The normalized spacial score (nSPS) is 18.4. The average Bonchev–Trinajstić information content (AvgIpc) is 2.89. The van der Waals surface area contributed by atoms with E-state index in [-0.39, 0.29) is 17.6 Å². The number of hydrogen-bond acceptors (Lipinski definition) is 4. The van der Waals surface area contributed by atoms with Crippen molar-refractivity contribution < 1.29 is 14.7 Å². The van der Waals surface area contributed by atoms with Crippen molar-refractivity contribution in [3.05, 3.63) is 65.2 Å². The van der Waals surface area contributed by atoms with E-state index in [0.29, 0.717) is 36.2 Å². The van der Waals surface area contributed by atoms with Crippen molar-refractivity contribution in [1.82, 2.24) is 0 Å². The molecule has 1 atom stereocenters. The van der Waals surface area contributed by atoms with Crippen LogP contribution in [0.3, 0.4) is 0 Å². The molecule has 2 aromatic rings. The van der Waals surface area contributed by atoms with Crippen LogP contribution in [0, 0.1) is 11.3 Å². The molecule has 3 rings (SSSR count). The number of nitriles is 1. The molecule has 1 N–H and O–H groups in total. The summed E-state index contributed by atoms with van der Waals surface area (Å²) in [5.74, 6) is -0.786. The Labute approximate surface area is 171 Å². The molecule has 1 aliphatic heterocycles. The summed E-state index contributed by atoms with van der Waals surface area (Å²) < 4.78 is 0. The van der Waals surface area contributed by atoms with Crippen molar-refractivity contribution in [2.45, 2.75) is 51.0 Å². The zero-order valence-corrected chi connectivity index (χ0v) is 17.1. The maximum absolute atomic E-state index is 13.1. The molecule has 0 radical (unpaired) electrons. The maximum atomic E-state index is 13.1. The fraction of sp³-hybridized carbons (Fsp3) is 0.375. The highest BCUT2D eigenvalue weighted by atomic mass is 16.3. The first-order valence-corrected chi connectivity index (χ1v) is 9.83. The highest BCUT2D eigenvalue weighted by Gasteiger charge is 2.50. The lowest BCUT2D eigenvalue weighted by Crippen LogP contribution is -2.42. The molecule has 0 saturated carbocycles. The number of nitrogens with zero attached hydrogens (tertiary/aromatic N) is 2. The predicted molar refractivity (Wildman–Crippen MR) is 112 cm³/mol. The van der Waals surface area contributed by atoms with Gasteiger partial charge >= 0.3 is 0 Å². The number of hydrogen-bond donors (Lipinski definition) is 1. The number of aliphatic hydroxyl groups is 1. The van der Waals surface area contributed by atoms with E-state index in [9.17, 15) is 14.7 Å². The molecule has 0 aliphatic carbocycles. The van der Waals surface area contributed by atoms with Crippen LogP contribution in [0.4, 0.5) is 5.69 Å². The van der Waals surface area contributed by atoms with E-state index in [4.69, 9.17) is 5.26 Å². The second kappa shape index (κ2) is 7.81. The third-order valence-electron chi connectivity index (χ3n) is 5.40. The molecule has 0 bridgehead atoms. The first-order chi connectivity index (χ1) is 13.7. The number of anilines is 1. The van der Waals surface area contributed by atoms with Gasteiger partial charge in [0.05, 0.1) is 18.2 Å². The molecule has 0 spiro atoms. The van der Waals surface area contributed by atoms with Crippen LogP contribution in [0.5, 0.6) is 0 Å². The summed E-state index contributed by atoms with van der Waals surface area (Å²) in [6, 6.07) is 16.4. The number of fused-ring (bicyclic) bond motifs is 1. The zero-order chi connectivity index (χ0) is 21.2. The summed E-state index contributed by atoms with van der Waals surface area (Å²) in [7, 11) is 0. The summed E-state index contributed by atoms with van der Waals surface area (Å²) in [5.41, 5.74) is 0.724. The van der Waals surface area contributed by atoms with E-state index in [2.05, 4.69) is 26.8 Å². The lowest BCUT2D eigenvalue weighted by Gasteiger charge is -2.23. The molecule has 29 heavy (non-hydrogen) atoms. The van der Waals surface area contributed by atoms with Crippen molar-refractivity contribution in [1.29, 1.82) is 5.26 Å². The third-order valence-corrected chi connectivity index (χ3v) is 5.40. The molecule has 1 aliphatic rings. The maximum Gasteiger partial charge on any atom is 0.264 e. The third kappa shape index (κ3) is 3.94. The van der Waals surface area contributed by atoms with Crippen LogP contribution in [-0.4, -0.2) is 23.3 Å². The minimum absolute atomic E-state index is 0.0237. The number of benzene rings is 2. The van der Waals surface area contributed by atoms with Crippen molar-refractivity contribution in [3.8, 4) is 6.07 Å². The number of Topliss-reactive ketones (excluding diaryl/α,β-unsaturated/α-hetero) is 1. The van der Waals surface area contributed by atoms with Crippen LogP contribution in [0.15, 0.2) is 48.5 Å². The monoisotopic (exact) mass is 390 g/mol. The van der Waals surface area contributed by atoms with Crippen LogP contribution in [0.1, 0.15) is 61.5 Å². The molecule has 1 amide bonds. The van der Waals surface area contributed by atoms with Gasteiger partial charge in [-0.25, -0.2) is 0 Å². The van der Waals surface area contributed by atoms with Gasteiger partial charge in [0.15, 0.2) is 11.4 Å². The number of amides is 1. The van der Waals surface area contributed by atoms with E-state index in [0.717, 1.165) is 5.56 Å². The van der Waals surface area contributed by atoms with Crippen LogP contribution in [-0.2, 0) is 15.8 Å². The van der Waals surface area contributed by atoms with E-state index < -0.39 is 11.5 Å². The minimum atomic E-state index is -1.89. The Kier molecular flexibility index (Phi) is 5.59. The zero-order valence-electron chi connectivity index (χ0n) is 17.1. The number of para-hydroxylation sites is 1. The molecule has 5 nitrogen and oxygen atoms in total. The Hall–Kier alpha value is -2.97. The molecule has 1 heterocycles. The Morgan fingerprint density at radius 3 is 2.41 bits per heavy atom. The van der Waals surface area contributed by atoms with Gasteiger partial charge in [0, 0.05) is 24.1 Å². The summed E-state index contributed by atoms with van der Waals surface area (Å²) in [4.78, 5) is 27.5. The minimum Gasteiger partial charge on any atom is -0.375 e. The highest BCUT2D eigenvalue weighted by molar-refractivity contribution is 6.10. The van der Waals surface area contributed by atoms with E-state index in [1.807, 2.05) is 12.1 Å². The van der Waals surface area contributed by atoms with Crippen molar-refractivity contribution in [3.63, 3.8) is 0 Å². The largest absolute Gasteiger partial charge is 0.375 e. The Bertz CT molecular complexity index is 967. The van der Waals surface area contributed by atoms with Gasteiger partial charge in [-0.05, 0) is 23.5 Å². The summed E-state index contributed by atoms with van der Waals surface area (Å²) >= 11 is 0. The first kappa shape index (κ1) is 20.8. The summed E-state index contributed by atoms with van der Waals surface area (Å²) in [6.45, 7) is 6.63. The average molecular weight is 390 g/mol. The fourth-order valence-electron chi connectivity index (χ4n) is 3.71. The van der Waals surface area contributed by atoms with E-state index >= 15 is 0 Å². The van der Waals surface area contributed by atoms with Gasteiger partial charge in [0.2, 0.25) is 0 Å². The first-order valence-electron chi connectivity index (χ1n) is 9.83. The molecule has 5 heteroatoms. The molecular weight excluding hydrogens is 364 g/mol. The Morgan fingerprint density at radius 2 is 1.79 bits per heavy atom. The second-order valence-electron chi connectivity index (χ2n) is 8.52. The van der Waals surface area contributed by atoms with Crippen molar-refractivity contribution in [2.24, 2.45) is 0 Å². The van der Waals surface area contributed by atoms with Crippen molar-refractivity contribution >= 4 is 17.4 Å². The highest BCUT2D eigenvalue weighted by Crippen LogP contribution is 2.43. The molecule has 0 fully saturated rings. The van der Waals surface area contributed by atoms with Crippen molar-refractivity contribution in [2.75, 3.05) is 11.4 Å². The van der Waals surface area contributed by atoms with Gasteiger partial charge in [-0.1, -0.05) is 63.2 Å². The SMILES string of the molecule is CC(C)(C)c1ccc(C(=O)C[C@@]2(O)C(=O)N(CCCC#N)c3ccccc32)cc1. The molecule has 2 aromatic carbocycles. The molecule has 0 saturated heterocycles. The van der Waals surface area contributed by atoms with Gasteiger partial charge in [-0.2, -0.15) is 5.26 Å². The number of ketones is 1. The van der Waals surface area contributed by atoms with Crippen LogP contribution >= 0.6 is 0 Å². The molecular formula is C24H26N2O3. The van der Waals surface area contributed by atoms with Gasteiger partial charge < -0.3 is 10.0 Å². The van der Waals surface area contributed by atoms with E-state index in [1.165, 1.54) is 4.90 Å². The van der Waals surface area contributed by atoms with Gasteiger partial charge in [0.25, 0.3) is 5.91 Å². The molecule has 0 unspecified atom stereocenters. The van der Waals surface area contributed by atoms with Gasteiger partial charge in [-0.3, -0.25) is 9.59 Å². The Balaban J connectivity index is 1.86. The smallest absolute Gasteiger partial charge is 0.264 e. The van der Waals surface area contributed by atoms with E-state index in [1.54, 1.807) is 36.4 Å². The molecule has 0 aromatic heterocycles. The van der Waals surface area contributed by atoms with Crippen LogP contribution in [0.2, 0.25) is 0 Å². The quantitative estimate of drug-likeness (QED) is 0.595. The predicted octanol–water partition coefficient (Wildman–Crippen LogP) is 4.10. The topological polar surface area (TPSA) is 81.4 Å². The summed E-state index contributed by atoms with van der Waals surface area (Å²) in [6.07, 6.45) is 0.519. The lowest BCUT2D eigenvalue weighted by molar-refractivity contribution is -0.135. The lowest BCUT2D eigenvalue weighted by atomic mass is 9.85. The standard InChI is InChI=1S/C24H26N2O3/c1-23(2,3)18-12-10-17(11-13-18)21(27)16-24(29)19-8-4-5-9-20(19)26(22(24)28)15-7-6-14-25/h4-5,8-13,29H,6-7,15-16H2,1-3H3/t24-/m0/s1. The summed E-state index contributed by atoms with van der Waals surface area (Å²) in [5, 5.41) is 20.0. The fourth-order valence-corrected chi connectivity index (χ4v) is 3.71. The van der Waals surface area contributed by atoms with Crippen LogP contribution in [0.25, 0.3) is 0 Å². The van der Waals surface area contributed by atoms with Gasteiger partial charge in [-0.15, -0.1) is 0 Å². The second-order valence-corrected chi connectivity index (χ2v) is 8.52. The van der Waals surface area contributed by atoms with Crippen LogP contribution < -0.4 is 4.90 Å². The Morgan fingerprint density at radius 1 is 1.14 bits per heavy atom. The van der Waals surface area contributed by atoms with Gasteiger partial charge in [0.1, 0.15) is 0 Å². The molecule has 150 valence electrons. The number of carbonyl (C=O) groups excluding carboxylic acids is 2. The number of carbonyl (C=O) groups is 2.